The van der Waals surface area contributed by atoms with Gasteiger partial charge in [0, 0.05) is 12.2 Å². The van der Waals surface area contributed by atoms with Crippen LogP contribution in [0.1, 0.15) is 40.8 Å². The van der Waals surface area contributed by atoms with Gasteiger partial charge < -0.3 is 0 Å². The van der Waals surface area contributed by atoms with Gasteiger partial charge in [0.15, 0.2) is 5.78 Å². The van der Waals surface area contributed by atoms with Crippen molar-refractivity contribution in [1.29, 1.82) is 0 Å². The van der Waals surface area contributed by atoms with Crippen LogP contribution in [0.5, 0.6) is 0 Å². The fourth-order valence-electron chi connectivity index (χ4n) is 1.66. The minimum Gasteiger partial charge on any atom is -0.293 e. The summed E-state index contributed by atoms with van der Waals surface area (Å²) in [5, 5.41) is 6.34. The van der Waals surface area contributed by atoms with Crippen LogP contribution in [0, 0.1) is 6.92 Å². The van der Waals surface area contributed by atoms with Crippen molar-refractivity contribution in [2.24, 2.45) is 0 Å². The zero-order valence-electron chi connectivity index (χ0n) is 10.3. The smallest absolute Gasteiger partial charge is 0.179 e. The highest BCUT2D eigenvalue weighted by Gasteiger charge is 2.13. The number of thiophene rings is 1. The molecule has 90 valence electrons. The van der Waals surface area contributed by atoms with Crippen molar-refractivity contribution in [2.45, 2.75) is 33.2 Å². The Kier molecular flexibility index (Phi) is 3.43. The fourth-order valence-corrected chi connectivity index (χ4v) is 2.53. The van der Waals surface area contributed by atoms with Crippen molar-refractivity contribution < 1.29 is 4.79 Å². The summed E-state index contributed by atoms with van der Waals surface area (Å²) in [4.78, 5) is 12.9. The van der Waals surface area contributed by atoms with E-state index in [2.05, 4.69) is 18.9 Å². The van der Waals surface area contributed by atoms with Crippen LogP contribution in [0.15, 0.2) is 23.7 Å². The molecule has 2 rings (SSSR count). The highest BCUT2D eigenvalue weighted by atomic mass is 32.1. The molecule has 0 unspecified atom stereocenters. The summed E-state index contributed by atoms with van der Waals surface area (Å²) in [5.41, 5.74) is 1.90. The number of ketones is 1. The van der Waals surface area contributed by atoms with E-state index in [9.17, 15) is 4.79 Å². The van der Waals surface area contributed by atoms with Crippen LogP contribution >= 0.6 is 11.3 Å². The summed E-state index contributed by atoms with van der Waals surface area (Å²) >= 11 is 1.51. The quantitative estimate of drug-likeness (QED) is 0.778. The molecule has 17 heavy (non-hydrogen) atoms. The molecule has 3 nitrogen and oxygen atoms in total. The number of aryl methyl sites for hydroxylation is 1. The molecule has 0 spiro atoms. The second kappa shape index (κ2) is 4.84. The first-order valence-electron chi connectivity index (χ1n) is 5.69. The predicted octanol–water partition coefficient (Wildman–Crippen LogP) is 3.26. The van der Waals surface area contributed by atoms with E-state index in [-0.39, 0.29) is 5.78 Å². The zero-order chi connectivity index (χ0) is 12.4. The van der Waals surface area contributed by atoms with E-state index in [1.54, 1.807) is 0 Å². The van der Waals surface area contributed by atoms with Gasteiger partial charge in [-0.3, -0.25) is 9.48 Å². The number of carbonyl (C=O) groups is 1. The van der Waals surface area contributed by atoms with Crippen LogP contribution in [0.2, 0.25) is 0 Å². The maximum atomic E-state index is 12.0. The Hall–Kier alpha value is -1.42. The van der Waals surface area contributed by atoms with Crippen LogP contribution in [0.25, 0.3) is 0 Å². The third kappa shape index (κ3) is 2.64. The number of hydrogen-bond acceptors (Lipinski definition) is 3. The lowest BCUT2D eigenvalue weighted by Gasteiger charge is -2.03. The van der Waals surface area contributed by atoms with E-state index in [1.807, 2.05) is 35.3 Å². The minimum absolute atomic E-state index is 0.159. The molecule has 0 bridgehead atoms. The standard InChI is InChI=1S/C13H16N2OS/c1-9(2)15-6-4-11(14-15)8-12(16)13-10(3)5-7-17-13/h4-7,9H,8H2,1-3H3. The molecule has 0 saturated carbocycles. The zero-order valence-corrected chi connectivity index (χ0v) is 11.1. The number of nitrogens with zero attached hydrogens (tertiary/aromatic N) is 2. The van der Waals surface area contributed by atoms with Gasteiger partial charge in [-0.25, -0.2) is 0 Å². The van der Waals surface area contributed by atoms with E-state index in [0.717, 1.165) is 16.1 Å². The van der Waals surface area contributed by atoms with E-state index in [0.29, 0.717) is 12.5 Å². The average molecular weight is 248 g/mol. The van der Waals surface area contributed by atoms with E-state index < -0.39 is 0 Å². The van der Waals surface area contributed by atoms with Crippen LogP contribution in [-0.2, 0) is 6.42 Å². The van der Waals surface area contributed by atoms with Crippen molar-refractivity contribution in [1.82, 2.24) is 9.78 Å². The summed E-state index contributed by atoms with van der Waals surface area (Å²) in [5.74, 6) is 0.159. The highest BCUT2D eigenvalue weighted by molar-refractivity contribution is 7.12. The van der Waals surface area contributed by atoms with Gasteiger partial charge >= 0.3 is 0 Å². The second-order valence-corrected chi connectivity index (χ2v) is 5.33. The van der Waals surface area contributed by atoms with E-state index in [1.165, 1.54) is 11.3 Å². The molecule has 0 aliphatic carbocycles. The maximum absolute atomic E-state index is 12.0. The molecular weight excluding hydrogens is 232 g/mol. The Bertz CT molecular complexity index is 525. The van der Waals surface area contributed by atoms with Gasteiger partial charge in [-0.05, 0) is 43.8 Å². The molecule has 2 aromatic heterocycles. The first-order chi connectivity index (χ1) is 8.08. The van der Waals surface area contributed by atoms with E-state index >= 15 is 0 Å². The molecule has 0 amide bonds. The third-order valence-corrected chi connectivity index (χ3v) is 3.71. The fraction of sp³-hybridized carbons (Fsp3) is 0.385. The molecule has 0 fully saturated rings. The molecule has 0 aliphatic rings. The Morgan fingerprint density at radius 1 is 1.47 bits per heavy atom. The van der Waals surface area contributed by atoms with Crippen LogP contribution in [0.3, 0.4) is 0 Å². The summed E-state index contributed by atoms with van der Waals surface area (Å²) in [6.45, 7) is 6.11. The number of aromatic nitrogens is 2. The lowest BCUT2D eigenvalue weighted by Crippen LogP contribution is -2.06. The Labute approximate surface area is 105 Å². The third-order valence-electron chi connectivity index (χ3n) is 2.65. The normalized spacial score (nSPS) is 11.1. The topological polar surface area (TPSA) is 34.9 Å². The maximum Gasteiger partial charge on any atom is 0.179 e. The van der Waals surface area contributed by atoms with Crippen molar-refractivity contribution in [2.75, 3.05) is 0 Å². The largest absolute Gasteiger partial charge is 0.293 e. The second-order valence-electron chi connectivity index (χ2n) is 4.41. The highest BCUT2D eigenvalue weighted by Crippen LogP contribution is 2.18. The molecule has 0 N–H and O–H groups in total. The van der Waals surface area contributed by atoms with Crippen molar-refractivity contribution in [3.05, 3.63) is 39.8 Å². The van der Waals surface area contributed by atoms with Gasteiger partial charge in [-0.15, -0.1) is 11.3 Å². The molecule has 2 heterocycles. The molecule has 2 aromatic rings. The van der Waals surface area contributed by atoms with Gasteiger partial charge in [-0.2, -0.15) is 5.10 Å². The molecule has 0 atom stereocenters. The van der Waals surface area contributed by atoms with Gasteiger partial charge in [0.05, 0.1) is 17.0 Å². The number of Topliss-reactive ketones (excluding diaryl/α,β-unsaturated/α-hetero) is 1. The molecule has 0 saturated heterocycles. The van der Waals surface area contributed by atoms with Gasteiger partial charge in [-0.1, -0.05) is 0 Å². The summed E-state index contributed by atoms with van der Waals surface area (Å²) < 4.78 is 1.88. The van der Waals surface area contributed by atoms with Gasteiger partial charge in [0.25, 0.3) is 0 Å². The van der Waals surface area contributed by atoms with Crippen LogP contribution < -0.4 is 0 Å². The van der Waals surface area contributed by atoms with Crippen LogP contribution in [0.4, 0.5) is 0 Å². The Morgan fingerprint density at radius 3 is 2.76 bits per heavy atom. The van der Waals surface area contributed by atoms with Crippen molar-refractivity contribution in [3.63, 3.8) is 0 Å². The molecule has 0 radical (unpaired) electrons. The average Bonchev–Trinajstić information content (AvgIpc) is 2.86. The van der Waals surface area contributed by atoms with Gasteiger partial charge in [0.1, 0.15) is 0 Å². The monoisotopic (exact) mass is 248 g/mol. The molecule has 0 aromatic carbocycles. The minimum atomic E-state index is 0.159. The van der Waals surface area contributed by atoms with Crippen molar-refractivity contribution >= 4 is 17.1 Å². The molecular formula is C13H16N2OS. The lowest BCUT2D eigenvalue weighted by atomic mass is 10.1. The predicted molar refractivity (Wildman–Crippen MR) is 69.7 cm³/mol. The first-order valence-corrected chi connectivity index (χ1v) is 6.57. The first kappa shape index (κ1) is 12.0. The Balaban J connectivity index is 2.11. The summed E-state index contributed by atoms with van der Waals surface area (Å²) in [6.07, 6.45) is 2.32. The SMILES string of the molecule is Cc1ccsc1C(=O)Cc1ccn(C(C)C)n1. The van der Waals surface area contributed by atoms with Crippen LogP contribution in [-0.4, -0.2) is 15.6 Å². The summed E-state index contributed by atoms with van der Waals surface area (Å²) in [7, 11) is 0. The van der Waals surface area contributed by atoms with Gasteiger partial charge in [0.2, 0.25) is 0 Å². The Morgan fingerprint density at radius 2 is 2.24 bits per heavy atom. The van der Waals surface area contributed by atoms with Crippen molar-refractivity contribution in [3.8, 4) is 0 Å². The number of rotatable bonds is 4. The summed E-state index contributed by atoms with van der Waals surface area (Å²) in [6, 6.07) is 4.23. The van der Waals surface area contributed by atoms with E-state index in [4.69, 9.17) is 0 Å². The number of hydrogen-bond donors (Lipinski definition) is 0. The number of carbonyl (C=O) groups excluding carboxylic acids is 1. The molecule has 4 heteroatoms. The lowest BCUT2D eigenvalue weighted by molar-refractivity contribution is 0.0995. The molecule has 0 aliphatic heterocycles.